The number of ether oxygens (including phenoxy) is 2. The SMILES string of the molecule is COc1ccc(C(=O)OCC2CC2)cc1I. The third-order valence-corrected chi connectivity index (χ3v) is 3.38. The Balaban J connectivity index is 2.01. The van der Waals surface area contributed by atoms with Gasteiger partial charge in [0, 0.05) is 0 Å². The summed E-state index contributed by atoms with van der Waals surface area (Å²) < 4.78 is 11.2. The van der Waals surface area contributed by atoms with E-state index in [0.717, 1.165) is 9.32 Å². The van der Waals surface area contributed by atoms with Crippen molar-refractivity contribution in [1.82, 2.24) is 0 Å². The number of carbonyl (C=O) groups excluding carboxylic acids is 1. The quantitative estimate of drug-likeness (QED) is 0.628. The molecule has 3 nitrogen and oxygen atoms in total. The summed E-state index contributed by atoms with van der Waals surface area (Å²) in [7, 11) is 1.61. The first-order chi connectivity index (χ1) is 7.70. The fourth-order valence-electron chi connectivity index (χ4n) is 1.35. The van der Waals surface area contributed by atoms with Crippen LogP contribution in [-0.4, -0.2) is 19.7 Å². The van der Waals surface area contributed by atoms with E-state index in [1.165, 1.54) is 12.8 Å². The van der Waals surface area contributed by atoms with Gasteiger partial charge in [0.15, 0.2) is 0 Å². The van der Waals surface area contributed by atoms with E-state index in [9.17, 15) is 4.79 Å². The van der Waals surface area contributed by atoms with E-state index in [0.29, 0.717) is 18.1 Å². The Hall–Kier alpha value is -0.780. The monoisotopic (exact) mass is 332 g/mol. The van der Waals surface area contributed by atoms with Crippen LogP contribution in [0.2, 0.25) is 0 Å². The van der Waals surface area contributed by atoms with Gasteiger partial charge in [0.1, 0.15) is 5.75 Å². The van der Waals surface area contributed by atoms with Crippen LogP contribution >= 0.6 is 22.6 Å². The van der Waals surface area contributed by atoms with Gasteiger partial charge in [0.2, 0.25) is 0 Å². The molecule has 0 saturated heterocycles. The molecule has 0 radical (unpaired) electrons. The molecule has 0 aliphatic heterocycles. The molecule has 0 N–H and O–H groups in total. The van der Waals surface area contributed by atoms with Crippen molar-refractivity contribution in [2.75, 3.05) is 13.7 Å². The molecule has 0 aromatic heterocycles. The lowest BCUT2D eigenvalue weighted by atomic mass is 10.2. The van der Waals surface area contributed by atoms with Crippen LogP contribution in [0.1, 0.15) is 23.2 Å². The van der Waals surface area contributed by atoms with Gasteiger partial charge in [0.05, 0.1) is 22.9 Å². The average molecular weight is 332 g/mol. The molecule has 0 heterocycles. The number of hydrogen-bond acceptors (Lipinski definition) is 3. The summed E-state index contributed by atoms with van der Waals surface area (Å²) in [5.74, 6) is 1.13. The summed E-state index contributed by atoms with van der Waals surface area (Å²) in [6.45, 7) is 0.557. The minimum Gasteiger partial charge on any atom is -0.496 e. The van der Waals surface area contributed by atoms with E-state index in [4.69, 9.17) is 9.47 Å². The molecule has 1 fully saturated rings. The summed E-state index contributed by atoms with van der Waals surface area (Å²) in [4.78, 5) is 11.7. The first kappa shape index (κ1) is 11.7. The Morgan fingerprint density at radius 2 is 2.25 bits per heavy atom. The number of rotatable bonds is 4. The number of methoxy groups -OCH3 is 1. The molecule has 0 unspecified atom stereocenters. The van der Waals surface area contributed by atoms with Gasteiger partial charge < -0.3 is 9.47 Å². The third-order valence-electron chi connectivity index (χ3n) is 2.53. The second-order valence-electron chi connectivity index (χ2n) is 3.89. The Bertz CT molecular complexity index is 399. The van der Waals surface area contributed by atoms with Crippen LogP contribution in [0.25, 0.3) is 0 Å². The zero-order chi connectivity index (χ0) is 11.5. The van der Waals surface area contributed by atoms with E-state index >= 15 is 0 Å². The van der Waals surface area contributed by atoms with Crippen molar-refractivity contribution in [1.29, 1.82) is 0 Å². The van der Waals surface area contributed by atoms with Crippen molar-refractivity contribution in [3.05, 3.63) is 27.3 Å². The number of halogens is 1. The Morgan fingerprint density at radius 3 is 2.81 bits per heavy atom. The summed E-state index contributed by atoms with van der Waals surface area (Å²) in [6, 6.07) is 5.31. The van der Waals surface area contributed by atoms with Crippen LogP contribution in [0.4, 0.5) is 0 Å². The molecule has 0 bridgehead atoms. The smallest absolute Gasteiger partial charge is 0.338 e. The molecule has 16 heavy (non-hydrogen) atoms. The fraction of sp³-hybridized carbons (Fsp3) is 0.417. The highest BCUT2D eigenvalue weighted by Gasteiger charge is 2.23. The van der Waals surface area contributed by atoms with Crippen LogP contribution < -0.4 is 4.74 Å². The van der Waals surface area contributed by atoms with Gasteiger partial charge in [-0.1, -0.05) is 0 Å². The van der Waals surface area contributed by atoms with Gasteiger partial charge in [-0.2, -0.15) is 0 Å². The van der Waals surface area contributed by atoms with Crippen LogP contribution in [-0.2, 0) is 4.74 Å². The van der Waals surface area contributed by atoms with Gasteiger partial charge in [0.25, 0.3) is 0 Å². The predicted molar refractivity (Wildman–Crippen MR) is 68.7 cm³/mol. The topological polar surface area (TPSA) is 35.5 Å². The maximum absolute atomic E-state index is 11.7. The third kappa shape index (κ3) is 2.87. The van der Waals surface area contributed by atoms with Gasteiger partial charge in [-0.15, -0.1) is 0 Å². The molecule has 1 aromatic carbocycles. The summed E-state index contributed by atoms with van der Waals surface area (Å²) in [6.07, 6.45) is 2.38. The van der Waals surface area contributed by atoms with E-state index in [2.05, 4.69) is 22.6 Å². The van der Waals surface area contributed by atoms with Crippen molar-refractivity contribution in [2.24, 2.45) is 5.92 Å². The molecule has 0 spiro atoms. The lowest BCUT2D eigenvalue weighted by Crippen LogP contribution is -2.07. The van der Waals surface area contributed by atoms with Crippen molar-refractivity contribution < 1.29 is 14.3 Å². The van der Waals surface area contributed by atoms with Crippen molar-refractivity contribution >= 4 is 28.6 Å². The molecule has 0 amide bonds. The Labute approximate surface area is 108 Å². The van der Waals surface area contributed by atoms with Crippen LogP contribution in [0.15, 0.2) is 18.2 Å². The first-order valence-corrected chi connectivity index (χ1v) is 6.29. The maximum Gasteiger partial charge on any atom is 0.338 e. The minimum absolute atomic E-state index is 0.243. The Morgan fingerprint density at radius 1 is 1.50 bits per heavy atom. The van der Waals surface area contributed by atoms with E-state index in [1.807, 2.05) is 0 Å². The number of esters is 1. The molecule has 1 saturated carbocycles. The molecular weight excluding hydrogens is 319 g/mol. The number of hydrogen-bond donors (Lipinski definition) is 0. The summed E-state index contributed by atoms with van der Waals surface area (Å²) in [5, 5.41) is 0. The first-order valence-electron chi connectivity index (χ1n) is 5.21. The number of carbonyl (C=O) groups is 1. The average Bonchev–Trinajstić information content (AvgIpc) is 3.09. The zero-order valence-electron chi connectivity index (χ0n) is 9.03. The van der Waals surface area contributed by atoms with Crippen LogP contribution in [0, 0.1) is 9.49 Å². The van der Waals surface area contributed by atoms with Gasteiger partial charge in [-0.25, -0.2) is 4.79 Å². The fourth-order valence-corrected chi connectivity index (χ4v) is 2.09. The highest BCUT2D eigenvalue weighted by atomic mass is 127. The molecule has 1 aliphatic carbocycles. The molecule has 1 aromatic rings. The lowest BCUT2D eigenvalue weighted by molar-refractivity contribution is 0.0486. The minimum atomic E-state index is -0.243. The Kier molecular flexibility index (Phi) is 3.68. The highest BCUT2D eigenvalue weighted by Crippen LogP contribution is 2.29. The molecule has 2 rings (SSSR count). The van der Waals surface area contributed by atoms with Crippen molar-refractivity contribution in [3.8, 4) is 5.75 Å². The second kappa shape index (κ2) is 5.03. The molecule has 86 valence electrons. The lowest BCUT2D eigenvalue weighted by Gasteiger charge is -2.06. The van der Waals surface area contributed by atoms with E-state index in [-0.39, 0.29) is 5.97 Å². The highest BCUT2D eigenvalue weighted by molar-refractivity contribution is 14.1. The largest absolute Gasteiger partial charge is 0.496 e. The van der Waals surface area contributed by atoms with E-state index < -0.39 is 0 Å². The molecule has 4 heteroatoms. The van der Waals surface area contributed by atoms with Gasteiger partial charge in [-0.05, 0) is 59.5 Å². The predicted octanol–water partition coefficient (Wildman–Crippen LogP) is 2.87. The van der Waals surface area contributed by atoms with Gasteiger partial charge >= 0.3 is 5.97 Å². The normalized spacial score (nSPS) is 14.6. The van der Waals surface area contributed by atoms with Crippen LogP contribution in [0.5, 0.6) is 5.75 Å². The second-order valence-corrected chi connectivity index (χ2v) is 5.05. The van der Waals surface area contributed by atoms with Crippen LogP contribution in [0.3, 0.4) is 0 Å². The molecule has 0 atom stereocenters. The zero-order valence-corrected chi connectivity index (χ0v) is 11.2. The summed E-state index contributed by atoms with van der Waals surface area (Å²) >= 11 is 2.14. The maximum atomic E-state index is 11.7. The number of benzene rings is 1. The molecular formula is C12H13IO3. The van der Waals surface area contributed by atoms with Gasteiger partial charge in [-0.3, -0.25) is 0 Å². The van der Waals surface area contributed by atoms with E-state index in [1.54, 1.807) is 25.3 Å². The van der Waals surface area contributed by atoms with Crippen molar-refractivity contribution in [2.45, 2.75) is 12.8 Å². The standard InChI is InChI=1S/C12H13IO3/c1-15-11-5-4-9(6-10(11)13)12(14)16-7-8-2-3-8/h4-6,8H,2-3,7H2,1H3. The van der Waals surface area contributed by atoms with Crippen molar-refractivity contribution in [3.63, 3.8) is 0 Å². The summed E-state index contributed by atoms with van der Waals surface area (Å²) in [5.41, 5.74) is 0.589. The molecule has 1 aliphatic rings.